The van der Waals surface area contributed by atoms with Crippen LogP contribution in [0.3, 0.4) is 0 Å². The zero-order valence-corrected chi connectivity index (χ0v) is 14.1. The van der Waals surface area contributed by atoms with Gasteiger partial charge in [0.05, 0.1) is 0 Å². The number of aryl methyl sites for hydroxylation is 2. The molecule has 1 unspecified atom stereocenters. The Labute approximate surface area is 134 Å². The number of nitrogens with one attached hydrogen (secondary N) is 1. The van der Waals surface area contributed by atoms with Gasteiger partial charge in [-0.2, -0.15) is 0 Å². The first-order valence-electron chi connectivity index (χ1n) is 7.26. The molecular formula is C18H21BrFN. The minimum atomic E-state index is -0.179. The molecule has 1 atom stereocenters. The predicted molar refractivity (Wildman–Crippen MR) is 90.2 cm³/mol. The Bertz CT molecular complexity index is 598. The maximum absolute atomic E-state index is 13.4. The maximum atomic E-state index is 13.4. The highest BCUT2D eigenvalue weighted by atomic mass is 79.9. The zero-order chi connectivity index (χ0) is 15.2. The lowest BCUT2D eigenvalue weighted by molar-refractivity contribution is 0.517. The van der Waals surface area contributed by atoms with E-state index >= 15 is 0 Å². The van der Waals surface area contributed by atoms with Crippen molar-refractivity contribution in [2.75, 3.05) is 7.05 Å². The Balaban J connectivity index is 2.00. The molecule has 0 radical (unpaired) electrons. The summed E-state index contributed by atoms with van der Waals surface area (Å²) in [6, 6.07) is 13.7. The molecule has 0 spiro atoms. The molecule has 0 aliphatic rings. The van der Waals surface area contributed by atoms with Crippen molar-refractivity contribution in [3.8, 4) is 0 Å². The van der Waals surface area contributed by atoms with Gasteiger partial charge in [-0.1, -0.05) is 40.2 Å². The Morgan fingerprint density at radius 3 is 2.62 bits per heavy atom. The Morgan fingerprint density at radius 1 is 1.14 bits per heavy atom. The highest BCUT2D eigenvalue weighted by Crippen LogP contribution is 2.21. The first-order chi connectivity index (χ1) is 10.1. The van der Waals surface area contributed by atoms with E-state index < -0.39 is 0 Å². The summed E-state index contributed by atoms with van der Waals surface area (Å²) in [4.78, 5) is 0. The van der Waals surface area contributed by atoms with Crippen molar-refractivity contribution >= 4 is 15.9 Å². The largest absolute Gasteiger partial charge is 0.317 e. The van der Waals surface area contributed by atoms with Crippen molar-refractivity contribution in [2.24, 2.45) is 0 Å². The lowest BCUT2D eigenvalue weighted by Crippen LogP contribution is -2.28. The molecule has 112 valence electrons. The maximum Gasteiger partial charge on any atom is 0.123 e. The molecule has 21 heavy (non-hydrogen) atoms. The fraction of sp³-hybridized carbons (Fsp3) is 0.333. The SMILES string of the molecule is CNC(CCc1ccccc1C)Cc1cc(F)ccc1Br. The number of halogens is 2. The molecule has 2 aromatic rings. The van der Waals surface area contributed by atoms with Crippen LogP contribution < -0.4 is 5.32 Å². The average molecular weight is 350 g/mol. The molecule has 0 saturated heterocycles. The van der Waals surface area contributed by atoms with Crippen molar-refractivity contribution in [3.63, 3.8) is 0 Å². The van der Waals surface area contributed by atoms with E-state index in [0.717, 1.165) is 29.3 Å². The van der Waals surface area contributed by atoms with E-state index in [1.165, 1.54) is 17.2 Å². The fourth-order valence-electron chi connectivity index (χ4n) is 2.53. The highest BCUT2D eigenvalue weighted by Gasteiger charge is 2.11. The van der Waals surface area contributed by atoms with E-state index in [0.29, 0.717) is 6.04 Å². The van der Waals surface area contributed by atoms with Gasteiger partial charge in [-0.3, -0.25) is 0 Å². The molecule has 1 nitrogen and oxygen atoms in total. The monoisotopic (exact) mass is 349 g/mol. The summed E-state index contributed by atoms with van der Waals surface area (Å²) in [6.45, 7) is 2.15. The first kappa shape index (κ1) is 16.2. The van der Waals surface area contributed by atoms with Gasteiger partial charge in [-0.25, -0.2) is 4.39 Å². The molecule has 0 fully saturated rings. The summed E-state index contributed by atoms with van der Waals surface area (Å²) in [7, 11) is 1.97. The molecule has 0 saturated carbocycles. The van der Waals surface area contributed by atoms with E-state index in [1.807, 2.05) is 7.05 Å². The predicted octanol–water partition coefficient (Wildman–Crippen LogP) is 4.66. The summed E-state index contributed by atoms with van der Waals surface area (Å²) >= 11 is 3.50. The van der Waals surface area contributed by atoms with Gasteiger partial charge in [-0.05, 0) is 68.1 Å². The quantitative estimate of drug-likeness (QED) is 0.799. The van der Waals surface area contributed by atoms with Crippen LogP contribution in [-0.4, -0.2) is 13.1 Å². The summed E-state index contributed by atoms with van der Waals surface area (Å²) < 4.78 is 14.3. The summed E-state index contributed by atoms with van der Waals surface area (Å²) in [5.41, 5.74) is 3.73. The smallest absolute Gasteiger partial charge is 0.123 e. The molecule has 3 heteroatoms. The normalized spacial score (nSPS) is 12.4. The van der Waals surface area contributed by atoms with Crippen LogP contribution in [0, 0.1) is 12.7 Å². The van der Waals surface area contributed by atoms with E-state index in [4.69, 9.17) is 0 Å². The van der Waals surface area contributed by atoms with Gasteiger partial charge in [-0.15, -0.1) is 0 Å². The van der Waals surface area contributed by atoms with Gasteiger partial charge >= 0.3 is 0 Å². The Hall–Kier alpha value is -1.19. The number of hydrogen-bond donors (Lipinski definition) is 1. The van der Waals surface area contributed by atoms with E-state index in [9.17, 15) is 4.39 Å². The summed E-state index contributed by atoms with van der Waals surface area (Å²) in [5.74, 6) is -0.179. The van der Waals surface area contributed by atoms with Gasteiger partial charge in [0.25, 0.3) is 0 Å². The second-order valence-corrected chi connectivity index (χ2v) is 6.24. The third kappa shape index (κ3) is 4.65. The molecule has 0 aliphatic carbocycles. The topological polar surface area (TPSA) is 12.0 Å². The van der Waals surface area contributed by atoms with Crippen LogP contribution >= 0.6 is 15.9 Å². The molecule has 0 aliphatic heterocycles. The number of benzene rings is 2. The second-order valence-electron chi connectivity index (χ2n) is 5.39. The van der Waals surface area contributed by atoms with Crippen molar-refractivity contribution < 1.29 is 4.39 Å². The third-order valence-electron chi connectivity index (χ3n) is 3.91. The van der Waals surface area contributed by atoms with Gasteiger partial charge in [0.1, 0.15) is 5.82 Å². The number of rotatable bonds is 6. The molecule has 0 amide bonds. The fourth-order valence-corrected chi connectivity index (χ4v) is 2.94. The third-order valence-corrected chi connectivity index (χ3v) is 4.68. The van der Waals surface area contributed by atoms with E-state index in [2.05, 4.69) is 52.4 Å². The van der Waals surface area contributed by atoms with Crippen LogP contribution in [0.5, 0.6) is 0 Å². The van der Waals surface area contributed by atoms with Gasteiger partial charge < -0.3 is 5.32 Å². The average Bonchev–Trinajstić information content (AvgIpc) is 2.48. The first-order valence-corrected chi connectivity index (χ1v) is 8.05. The lowest BCUT2D eigenvalue weighted by Gasteiger charge is -2.18. The van der Waals surface area contributed by atoms with Crippen molar-refractivity contribution in [3.05, 3.63) is 69.4 Å². The van der Waals surface area contributed by atoms with Crippen LogP contribution in [0.1, 0.15) is 23.1 Å². The molecule has 2 aromatic carbocycles. The van der Waals surface area contributed by atoms with Crippen molar-refractivity contribution in [1.82, 2.24) is 5.32 Å². The van der Waals surface area contributed by atoms with Crippen LogP contribution in [0.15, 0.2) is 46.9 Å². The molecule has 0 bridgehead atoms. The van der Waals surface area contributed by atoms with Crippen molar-refractivity contribution in [1.29, 1.82) is 0 Å². The second kappa shape index (κ2) is 7.71. The molecular weight excluding hydrogens is 329 g/mol. The summed E-state index contributed by atoms with van der Waals surface area (Å²) in [5, 5.41) is 3.34. The van der Waals surface area contributed by atoms with E-state index in [1.54, 1.807) is 12.1 Å². The minimum Gasteiger partial charge on any atom is -0.317 e. The van der Waals surface area contributed by atoms with Crippen LogP contribution in [0.25, 0.3) is 0 Å². The lowest BCUT2D eigenvalue weighted by atomic mass is 9.97. The molecule has 0 aromatic heterocycles. The molecule has 0 heterocycles. The summed E-state index contributed by atoms with van der Waals surface area (Å²) in [6.07, 6.45) is 2.89. The van der Waals surface area contributed by atoms with Gasteiger partial charge in [0, 0.05) is 10.5 Å². The Kier molecular flexibility index (Phi) is 5.95. The standard InChI is InChI=1S/C18H21BrFN/c1-13-5-3-4-6-14(13)7-9-17(21-2)12-15-11-16(20)8-10-18(15)19/h3-6,8,10-11,17,21H,7,9,12H2,1-2H3. The molecule has 2 rings (SSSR count). The van der Waals surface area contributed by atoms with Gasteiger partial charge in [0.2, 0.25) is 0 Å². The van der Waals surface area contributed by atoms with Crippen molar-refractivity contribution in [2.45, 2.75) is 32.2 Å². The van der Waals surface area contributed by atoms with Crippen LogP contribution in [0.4, 0.5) is 4.39 Å². The minimum absolute atomic E-state index is 0.179. The zero-order valence-electron chi connectivity index (χ0n) is 12.5. The number of likely N-dealkylation sites (N-methyl/N-ethyl adjacent to an activating group) is 1. The Morgan fingerprint density at radius 2 is 1.90 bits per heavy atom. The number of hydrogen-bond acceptors (Lipinski definition) is 1. The van der Waals surface area contributed by atoms with Crippen LogP contribution in [0.2, 0.25) is 0 Å². The van der Waals surface area contributed by atoms with Crippen LogP contribution in [-0.2, 0) is 12.8 Å². The highest BCUT2D eigenvalue weighted by molar-refractivity contribution is 9.10. The molecule has 1 N–H and O–H groups in total. The van der Waals surface area contributed by atoms with E-state index in [-0.39, 0.29) is 5.82 Å². The van der Waals surface area contributed by atoms with Gasteiger partial charge in [0.15, 0.2) is 0 Å².